The van der Waals surface area contributed by atoms with E-state index in [1.165, 1.54) is 25.0 Å². The summed E-state index contributed by atoms with van der Waals surface area (Å²) in [5, 5.41) is 0. The summed E-state index contributed by atoms with van der Waals surface area (Å²) in [7, 11) is 0. The van der Waals surface area contributed by atoms with Crippen LogP contribution in [0.1, 0.15) is 19.3 Å². The number of para-hydroxylation sites is 1. The van der Waals surface area contributed by atoms with Gasteiger partial charge in [-0.25, -0.2) is 0 Å². The summed E-state index contributed by atoms with van der Waals surface area (Å²) in [6.07, 6.45) is 8.55. The SMILES string of the molecule is C1=CC2CCC1CC2=Nc1ccccc1. The van der Waals surface area contributed by atoms with Crippen LogP contribution in [0.5, 0.6) is 0 Å². The highest BCUT2D eigenvalue weighted by atomic mass is 14.8. The molecule has 0 aromatic heterocycles. The molecule has 15 heavy (non-hydrogen) atoms. The number of fused-ring (bicyclic) bond motifs is 2. The van der Waals surface area contributed by atoms with Crippen molar-refractivity contribution in [2.45, 2.75) is 19.3 Å². The van der Waals surface area contributed by atoms with E-state index in [1.807, 2.05) is 6.07 Å². The van der Waals surface area contributed by atoms with E-state index in [4.69, 9.17) is 4.99 Å². The Kier molecular flexibility index (Phi) is 2.17. The minimum absolute atomic E-state index is 0.621. The molecule has 0 radical (unpaired) electrons. The van der Waals surface area contributed by atoms with Crippen molar-refractivity contribution >= 4 is 11.4 Å². The Morgan fingerprint density at radius 3 is 2.47 bits per heavy atom. The third kappa shape index (κ3) is 1.74. The Morgan fingerprint density at radius 1 is 1.00 bits per heavy atom. The molecule has 1 nitrogen and oxygen atoms in total. The van der Waals surface area contributed by atoms with E-state index in [1.54, 1.807) is 0 Å². The van der Waals surface area contributed by atoms with E-state index in [9.17, 15) is 0 Å². The third-order valence-electron chi connectivity index (χ3n) is 3.39. The third-order valence-corrected chi connectivity index (χ3v) is 3.39. The van der Waals surface area contributed by atoms with Crippen LogP contribution in [0.15, 0.2) is 47.5 Å². The molecular weight excluding hydrogens is 182 g/mol. The molecule has 0 saturated heterocycles. The van der Waals surface area contributed by atoms with Gasteiger partial charge in [-0.1, -0.05) is 30.4 Å². The van der Waals surface area contributed by atoms with Gasteiger partial charge in [-0.3, -0.25) is 4.99 Å². The van der Waals surface area contributed by atoms with Crippen molar-refractivity contribution in [3.63, 3.8) is 0 Å². The number of aliphatic imine (C=N–C) groups is 1. The van der Waals surface area contributed by atoms with E-state index in [2.05, 4.69) is 36.4 Å². The zero-order valence-electron chi connectivity index (χ0n) is 8.76. The van der Waals surface area contributed by atoms with Crippen molar-refractivity contribution in [2.24, 2.45) is 16.8 Å². The Labute approximate surface area is 90.5 Å². The number of allylic oxidation sites excluding steroid dienone is 2. The quantitative estimate of drug-likeness (QED) is 0.608. The molecule has 76 valence electrons. The van der Waals surface area contributed by atoms with Crippen LogP contribution in [0.25, 0.3) is 0 Å². The van der Waals surface area contributed by atoms with Crippen molar-refractivity contribution in [1.82, 2.24) is 0 Å². The Balaban J connectivity index is 1.90. The van der Waals surface area contributed by atoms with Crippen molar-refractivity contribution in [1.29, 1.82) is 0 Å². The molecule has 0 N–H and O–H groups in total. The Morgan fingerprint density at radius 2 is 1.87 bits per heavy atom. The molecule has 3 aliphatic rings. The van der Waals surface area contributed by atoms with Crippen LogP contribution in [-0.2, 0) is 0 Å². The van der Waals surface area contributed by atoms with E-state index < -0.39 is 0 Å². The summed E-state index contributed by atoms with van der Waals surface area (Å²) in [4.78, 5) is 4.77. The topological polar surface area (TPSA) is 12.4 Å². The minimum atomic E-state index is 0.621. The average molecular weight is 197 g/mol. The monoisotopic (exact) mass is 197 g/mol. The first kappa shape index (κ1) is 8.90. The largest absolute Gasteiger partial charge is 0.257 e. The zero-order valence-corrected chi connectivity index (χ0v) is 8.76. The predicted octanol–water partition coefficient (Wildman–Crippen LogP) is 3.75. The van der Waals surface area contributed by atoms with Gasteiger partial charge in [0, 0.05) is 11.6 Å². The van der Waals surface area contributed by atoms with Crippen molar-refractivity contribution in [3.05, 3.63) is 42.5 Å². The number of rotatable bonds is 1. The molecule has 0 spiro atoms. The van der Waals surface area contributed by atoms with Gasteiger partial charge >= 0.3 is 0 Å². The van der Waals surface area contributed by atoms with Crippen LogP contribution in [0.2, 0.25) is 0 Å². The van der Waals surface area contributed by atoms with Gasteiger partial charge in [-0.15, -0.1) is 0 Å². The lowest BCUT2D eigenvalue weighted by Crippen LogP contribution is -2.27. The second-order valence-corrected chi connectivity index (χ2v) is 4.47. The highest BCUT2D eigenvalue weighted by Crippen LogP contribution is 2.35. The summed E-state index contributed by atoms with van der Waals surface area (Å²) in [6.45, 7) is 0. The molecule has 3 aliphatic carbocycles. The van der Waals surface area contributed by atoms with Gasteiger partial charge in [0.2, 0.25) is 0 Å². The molecule has 1 heteroatoms. The van der Waals surface area contributed by atoms with E-state index >= 15 is 0 Å². The van der Waals surface area contributed by atoms with Crippen molar-refractivity contribution in [3.8, 4) is 0 Å². The van der Waals surface area contributed by atoms with Crippen molar-refractivity contribution in [2.75, 3.05) is 0 Å². The zero-order chi connectivity index (χ0) is 10.1. The summed E-state index contributed by atoms with van der Waals surface area (Å²) < 4.78 is 0. The number of benzene rings is 1. The maximum absolute atomic E-state index is 4.77. The highest BCUT2D eigenvalue weighted by Gasteiger charge is 2.27. The molecule has 1 aromatic rings. The first-order valence-electron chi connectivity index (χ1n) is 5.72. The fraction of sp³-hybridized carbons (Fsp3) is 0.357. The molecule has 2 atom stereocenters. The average Bonchev–Trinajstić information content (AvgIpc) is 2.32. The summed E-state index contributed by atoms with van der Waals surface area (Å²) in [5.41, 5.74) is 2.49. The molecule has 0 aliphatic heterocycles. The molecule has 2 unspecified atom stereocenters. The lowest BCUT2D eigenvalue weighted by molar-refractivity contribution is 0.473. The van der Waals surface area contributed by atoms with Gasteiger partial charge in [-0.2, -0.15) is 0 Å². The maximum atomic E-state index is 4.77. The first-order valence-corrected chi connectivity index (χ1v) is 5.72. The maximum Gasteiger partial charge on any atom is 0.0629 e. The van der Waals surface area contributed by atoms with Crippen LogP contribution >= 0.6 is 0 Å². The molecule has 1 aromatic carbocycles. The van der Waals surface area contributed by atoms with Gasteiger partial charge in [0.1, 0.15) is 0 Å². The molecule has 4 rings (SSSR count). The van der Waals surface area contributed by atoms with Gasteiger partial charge in [0.25, 0.3) is 0 Å². The van der Waals surface area contributed by atoms with E-state index in [-0.39, 0.29) is 0 Å². The van der Waals surface area contributed by atoms with Gasteiger partial charge in [0.15, 0.2) is 0 Å². The summed E-state index contributed by atoms with van der Waals surface area (Å²) in [6, 6.07) is 10.3. The fourth-order valence-corrected chi connectivity index (χ4v) is 2.54. The van der Waals surface area contributed by atoms with E-state index in [0.29, 0.717) is 5.92 Å². The lowest BCUT2D eigenvalue weighted by Gasteiger charge is -2.31. The Bertz CT molecular complexity index is 403. The van der Waals surface area contributed by atoms with Crippen molar-refractivity contribution < 1.29 is 0 Å². The standard InChI is InChI=1S/C14H15N/c1-2-4-13(5-3-1)15-14-10-11-6-8-12(14)9-7-11/h1-6,8,11-12H,7,9-10H2. The van der Waals surface area contributed by atoms with Gasteiger partial charge in [-0.05, 0) is 37.3 Å². The second-order valence-electron chi connectivity index (χ2n) is 4.47. The molecule has 0 heterocycles. The van der Waals surface area contributed by atoms with Gasteiger partial charge in [0.05, 0.1) is 5.69 Å². The molecule has 0 amide bonds. The number of hydrogen-bond acceptors (Lipinski definition) is 1. The van der Waals surface area contributed by atoms with Gasteiger partial charge < -0.3 is 0 Å². The molecule has 2 bridgehead atoms. The number of nitrogens with zero attached hydrogens (tertiary/aromatic N) is 1. The molecule has 1 fully saturated rings. The van der Waals surface area contributed by atoms with E-state index in [0.717, 1.165) is 11.6 Å². The van der Waals surface area contributed by atoms with Crippen LogP contribution < -0.4 is 0 Å². The molecule has 1 saturated carbocycles. The Hall–Kier alpha value is -1.37. The fourth-order valence-electron chi connectivity index (χ4n) is 2.54. The molecular formula is C14H15N. The lowest BCUT2D eigenvalue weighted by atomic mass is 9.75. The van der Waals surface area contributed by atoms with Crippen LogP contribution in [0, 0.1) is 11.8 Å². The highest BCUT2D eigenvalue weighted by molar-refractivity contribution is 5.92. The van der Waals surface area contributed by atoms with Crippen LogP contribution in [0.4, 0.5) is 5.69 Å². The normalized spacial score (nSPS) is 31.1. The predicted molar refractivity (Wildman–Crippen MR) is 63.5 cm³/mol. The minimum Gasteiger partial charge on any atom is -0.257 e. The summed E-state index contributed by atoms with van der Waals surface area (Å²) >= 11 is 0. The smallest absolute Gasteiger partial charge is 0.0629 e. The number of hydrogen-bond donors (Lipinski definition) is 0. The second kappa shape index (κ2) is 3.65. The summed E-state index contributed by atoms with van der Waals surface area (Å²) in [5.74, 6) is 1.38. The van der Waals surface area contributed by atoms with Crippen LogP contribution in [-0.4, -0.2) is 5.71 Å². The first-order chi connectivity index (χ1) is 7.42. The van der Waals surface area contributed by atoms with Crippen LogP contribution in [0.3, 0.4) is 0 Å².